The molecule has 1 aliphatic heterocycles. The van der Waals surface area contributed by atoms with Gasteiger partial charge in [-0.05, 0) is 49.1 Å². The molecule has 226 valence electrons. The van der Waals surface area contributed by atoms with E-state index in [-0.39, 0.29) is 20.4 Å². The van der Waals surface area contributed by atoms with Crippen LogP contribution in [0.4, 0.5) is 5.69 Å². The van der Waals surface area contributed by atoms with Gasteiger partial charge in [0.2, 0.25) is 0 Å². The van der Waals surface area contributed by atoms with E-state index < -0.39 is 0 Å². The Kier molecular flexibility index (Phi) is 7.22. The zero-order chi connectivity index (χ0) is 29.9. The van der Waals surface area contributed by atoms with Crippen molar-refractivity contribution in [2.45, 2.75) is 9.79 Å². The van der Waals surface area contributed by atoms with Crippen LogP contribution in [0.15, 0.2) is 144 Å². The summed E-state index contributed by atoms with van der Waals surface area (Å²) in [5.74, 6) is 0. The van der Waals surface area contributed by atoms with Crippen molar-refractivity contribution in [1.29, 1.82) is 0 Å². The zero-order valence-electron chi connectivity index (χ0n) is 24.8. The molecule has 0 spiro atoms. The van der Waals surface area contributed by atoms with Gasteiger partial charge in [-0.15, -0.1) is 50.8 Å². The molecule has 9 rings (SSSR count). The van der Waals surface area contributed by atoms with E-state index in [1.54, 1.807) is 11.8 Å². The number of benzene rings is 6. The average molecular weight is 701 g/mol. The Bertz CT molecular complexity index is 2410. The quantitative estimate of drug-likeness (QED) is 0.131. The summed E-state index contributed by atoms with van der Waals surface area (Å²) in [4.78, 5) is 6.19. The number of hydrogen-bond acceptors (Lipinski definition) is 3. The minimum atomic E-state index is 0. The molecule has 3 heterocycles. The molecule has 6 aromatic carbocycles. The maximum Gasteiger partial charge on any atom is 0.0561 e. The molecule has 46 heavy (non-hydrogen) atoms. The third kappa shape index (κ3) is 4.65. The second-order valence-corrected chi connectivity index (χ2v) is 12.3. The number of fused-ring (bicyclic) bond motifs is 7. The van der Waals surface area contributed by atoms with Crippen molar-refractivity contribution < 1.29 is 20.4 Å². The van der Waals surface area contributed by atoms with E-state index in [1.807, 2.05) is 43.1 Å². The number of nitrogens with zero attached hydrogens (tertiary/aromatic N) is 4. The fourth-order valence-corrected chi connectivity index (χ4v) is 7.32. The summed E-state index contributed by atoms with van der Waals surface area (Å²) in [6, 6.07) is 53.7. The van der Waals surface area contributed by atoms with Gasteiger partial charge in [0.05, 0.1) is 11.0 Å². The van der Waals surface area contributed by atoms with E-state index in [1.165, 1.54) is 38.1 Å². The zero-order valence-corrected chi connectivity index (χ0v) is 27.2. The van der Waals surface area contributed by atoms with Crippen LogP contribution in [0.3, 0.4) is 0 Å². The van der Waals surface area contributed by atoms with E-state index in [0.717, 1.165) is 32.4 Å². The SMILES string of the molecule is CN1C=CN(c2[c-]c(Sc3[c-]c4c(cc3)c3ccc5c(c6ccccc6n5-c5ccccc5)c3n4-c3[c-]cccc3)ccc2)[CH-]1.[Pd]. The first-order valence-electron chi connectivity index (χ1n) is 14.9. The van der Waals surface area contributed by atoms with E-state index in [4.69, 9.17) is 0 Å². The van der Waals surface area contributed by atoms with Crippen LogP contribution in [0.5, 0.6) is 0 Å². The first kappa shape index (κ1) is 28.7. The molecule has 0 fully saturated rings. The predicted molar refractivity (Wildman–Crippen MR) is 186 cm³/mol. The van der Waals surface area contributed by atoms with E-state index in [2.05, 4.69) is 141 Å². The van der Waals surface area contributed by atoms with Gasteiger partial charge in [0.25, 0.3) is 0 Å². The van der Waals surface area contributed by atoms with Crippen LogP contribution in [0.2, 0.25) is 0 Å². The number of aromatic nitrogens is 2. The Morgan fingerprint density at radius 1 is 0.609 bits per heavy atom. The molecule has 0 bridgehead atoms. The summed E-state index contributed by atoms with van der Waals surface area (Å²) in [7, 11) is 2.02. The van der Waals surface area contributed by atoms with Gasteiger partial charge in [-0.1, -0.05) is 53.7 Å². The van der Waals surface area contributed by atoms with Gasteiger partial charge < -0.3 is 18.9 Å². The second kappa shape index (κ2) is 11.6. The fourth-order valence-electron chi connectivity index (χ4n) is 6.50. The second-order valence-electron chi connectivity index (χ2n) is 11.2. The first-order valence-corrected chi connectivity index (χ1v) is 15.7. The molecular weight excluding hydrogens is 675 g/mol. The molecule has 0 aliphatic carbocycles. The maximum absolute atomic E-state index is 3.81. The van der Waals surface area contributed by atoms with Crippen molar-refractivity contribution in [3.63, 3.8) is 0 Å². The molecule has 2 aromatic heterocycles. The number of hydrogen-bond donors (Lipinski definition) is 0. The molecule has 0 saturated carbocycles. The minimum absolute atomic E-state index is 0. The van der Waals surface area contributed by atoms with Crippen LogP contribution in [0.25, 0.3) is 55.0 Å². The summed E-state index contributed by atoms with van der Waals surface area (Å²) in [6.07, 6.45) is 4.08. The van der Waals surface area contributed by atoms with Gasteiger partial charge in [-0.3, -0.25) is 0 Å². The Labute approximate surface area is 285 Å². The van der Waals surface area contributed by atoms with Crippen LogP contribution in [0.1, 0.15) is 0 Å². The average Bonchev–Trinajstić information content (AvgIpc) is 3.77. The number of rotatable bonds is 5. The molecule has 0 N–H and O–H groups in total. The molecule has 0 radical (unpaired) electrons. The molecule has 0 atom stereocenters. The molecule has 0 amide bonds. The third-order valence-electron chi connectivity index (χ3n) is 8.41. The topological polar surface area (TPSA) is 16.3 Å². The van der Waals surface area contributed by atoms with Crippen molar-refractivity contribution in [3.05, 3.63) is 159 Å². The minimum Gasteiger partial charge on any atom is -0.510 e. The maximum atomic E-state index is 3.81. The molecule has 6 heteroatoms. The van der Waals surface area contributed by atoms with Crippen molar-refractivity contribution in [2.75, 3.05) is 11.9 Å². The monoisotopic (exact) mass is 700 g/mol. The Morgan fingerprint density at radius 2 is 1.39 bits per heavy atom. The normalized spacial score (nSPS) is 13.0. The smallest absolute Gasteiger partial charge is 0.0561 e. The van der Waals surface area contributed by atoms with Crippen LogP contribution < -0.4 is 4.90 Å². The van der Waals surface area contributed by atoms with Gasteiger partial charge >= 0.3 is 0 Å². The molecule has 1 aliphatic rings. The first-order chi connectivity index (χ1) is 22.2. The summed E-state index contributed by atoms with van der Waals surface area (Å²) in [5.41, 5.74) is 7.72. The van der Waals surface area contributed by atoms with Gasteiger partial charge in [0, 0.05) is 42.4 Å². The molecule has 4 nitrogen and oxygen atoms in total. The van der Waals surface area contributed by atoms with Crippen molar-refractivity contribution in [1.82, 2.24) is 14.0 Å². The van der Waals surface area contributed by atoms with E-state index in [9.17, 15) is 0 Å². The predicted octanol–water partition coefficient (Wildman–Crippen LogP) is 9.77. The summed E-state index contributed by atoms with van der Waals surface area (Å²) < 4.78 is 4.72. The van der Waals surface area contributed by atoms with Crippen molar-refractivity contribution in [3.8, 4) is 11.4 Å². The van der Waals surface area contributed by atoms with Gasteiger partial charge in [0.1, 0.15) is 0 Å². The molecule has 0 unspecified atom stereocenters. The van der Waals surface area contributed by atoms with Gasteiger partial charge in [0.15, 0.2) is 0 Å². The van der Waals surface area contributed by atoms with Crippen molar-refractivity contribution >= 4 is 61.1 Å². The fraction of sp³-hybridized carbons (Fsp3) is 0.0250. The molecule has 8 aromatic rings. The summed E-state index contributed by atoms with van der Waals surface area (Å²) in [5, 5.41) is 4.82. The van der Waals surface area contributed by atoms with Crippen molar-refractivity contribution in [2.24, 2.45) is 0 Å². The third-order valence-corrected chi connectivity index (χ3v) is 9.33. The standard InChI is InChI=1S/C40H26N4S.Pd/c1-41-23-24-42(27-41)30-15-10-16-31(25-30)45-32-19-20-33-34-21-22-37-39(40(34)44(38(33)26-32)29-13-6-3-7-14-29)35-17-8-9-18-36(35)43(37)28-11-4-2-5-12-28;/h2-13,15-24,27H,1H3;/q-4;. The summed E-state index contributed by atoms with van der Waals surface area (Å²) in [6.45, 7) is 2.04. The largest absolute Gasteiger partial charge is 0.510 e. The van der Waals surface area contributed by atoms with Crippen LogP contribution >= 0.6 is 11.8 Å². The molecular formula is C40H26N4PdS-4. The van der Waals surface area contributed by atoms with Crippen LogP contribution in [-0.4, -0.2) is 21.1 Å². The number of para-hydroxylation sites is 3. The van der Waals surface area contributed by atoms with E-state index >= 15 is 0 Å². The van der Waals surface area contributed by atoms with Gasteiger partial charge in [-0.2, -0.15) is 61.3 Å². The van der Waals surface area contributed by atoms with Crippen LogP contribution in [0, 0.1) is 24.9 Å². The van der Waals surface area contributed by atoms with E-state index in [0.29, 0.717) is 0 Å². The Balaban J connectivity index is 0.00000312. The van der Waals surface area contributed by atoms with Crippen LogP contribution in [-0.2, 0) is 20.4 Å². The Morgan fingerprint density at radius 3 is 2.22 bits per heavy atom. The number of anilines is 1. The Hall–Kier alpha value is -4.73. The molecule has 0 saturated heterocycles. The summed E-state index contributed by atoms with van der Waals surface area (Å²) >= 11 is 1.68. The van der Waals surface area contributed by atoms with Gasteiger partial charge in [-0.25, -0.2) is 0 Å².